The molecule has 0 aliphatic rings. The molecule has 24 heavy (non-hydrogen) atoms. The molecule has 0 saturated heterocycles. The van der Waals surface area contributed by atoms with Gasteiger partial charge in [-0.25, -0.2) is 4.18 Å². The van der Waals surface area contributed by atoms with Gasteiger partial charge in [0.05, 0.1) is 4.90 Å². The Hall–Kier alpha value is -1.44. The fraction of sp³-hybridized carbons (Fsp3) is 0.588. The van der Waals surface area contributed by atoms with Crippen LogP contribution in [0.3, 0.4) is 0 Å². The first-order valence-electron chi connectivity index (χ1n) is 7.97. The molecule has 1 aromatic carbocycles. The van der Waals surface area contributed by atoms with Gasteiger partial charge in [0.25, 0.3) is 10.1 Å². The number of benzene rings is 1. The van der Waals surface area contributed by atoms with Crippen molar-refractivity contribution >= 4 is 16.1 Å². The number of aryl methyl sites for hydroxylation is 1. The topological polar surface area (TPSA) is 95.7 Å². The van der Waals surface area contributed by atoms with Gasteiger partial charge in [0.2, 0.25) is 0 Å². The van der Waals surface area contributed by atoms with Crippen molar-refractivity contribution in [3.05, 3.63) is 29.8 Å². The average molecular weight is 357 g/mol. The highest BCUT2D eigenvalue weighted by molar-refractivity contribution is 7.86. The lowest BCUT2D eigenvalue weighted by Crippen LogP contribution is -2.27. The molecule has 1 aromatic rings. The molecule has 0 heterocycles. The lowest BCUT2D eigenvalue weighted by atomic mass is 10.1. The Kier molecular flexibility index (Phi) is 7.38. The molecule has 0 amide bonds. The Labute approximate surface area is 144 Å². The van der Waals surface area contributed by atoms with E-state index in [0.29, 0.717) is 19.3 Å². The van der Waals surface area contributed by atoms with Crippen LogP contribution in [0.5, 0.6) is 0 Å². The first-order chi connectivity index (χ1) is 11.0. The smallest absolute Gasteiger partial charge is 0.306 e. The van der Waals surface area contributed by atoms with Gasteiger partial charge >= 0.3 is 5.97 Å². The van der Waals surface area contributed by atoms with E-state index in [1.54, 1.807) is 12.1 Å². The third-order valence-corrected chi connectivity index (χ3v) is 4.45. The minimum atomic E-state index is -3.87. The second-order valence-electron chi connectivity index (χ2n) is 6.73. The molecule has 1 unspecified atom stereocenters. The molecule has 0 saturated carbocycles. The van der Waals surface area contributed by atoms with E-state index in [1.807, 2.05) is 27.7 Å². The number of esters is 1. The Bertz CT molecular complexity index is 632. The first-order valence-corrected chi connectivity index (χ1v) is 9.38. The summed E-state index contributed by atoms with van der Waals surface area (Å²) in [6.07, 6.45) is 0.818. The van der Waals surface area contributed by atoms with E-state index in [-0.39, 0.29) is 17.3 Å². The third kappa shape index (κ3) is 7.90. The van der Waals surface area contributed by atoms with Crippen LogP contribution in [0.15, 0.2) is 29.2 Å². The van der Waals surface area contributed by atoms with Crippen LogP contribution in [0.25, 0.3) is 0 Å². The average Bonchev–Trinajstić information content (AvgIpc) is 2.41. The molecule has 1 rings (SSSR count). The Morgan fingerprint density at radius 1 is 1.17 bits per heavy atom. The van der Waals surface area contributed by atoms with E-state index < -0.39 is 21.9 Å². The number of ether oxygens (including phenoxy) is 1. The Balaban J connectivity index is 2.37. The van der Waals surface area contributed by atoms with Crippen LogP contribution in [0, 0.1) is 6.92 Å². The van der Waals surface area contributed by atoms with Gasteiger partial charge in [0, 0.05) is 6.42 Å². The van der Waals surface area contributed by atoms with Crippen molar-refractivity contribution in [2.45, 2.75) is 70.1 Å². The summed E-state index contributed by atoms with van der Waals surface area (Å²) >= 11 is 0. The van der Waals surface area contributed by atoms with E-state index in [0.717, 1.165) is 5.56 Å². The van der Waals surface area contributed by atoms with Gasteiger partial charge < -0.3 is 10.5 Å². The molecular formula is C17H27NO5S. The van der Waals surface area contributed by atoms with E-state index in [1.165, 1.54) is 12.1 Å². The van der Waals surface area contributed by atoms with Gasteiger partial charge in [0.15, 0.2) is 0 Å². The van der Waals surface area contributed by atoms with Crippen LogP contribution in [-0.2, 0) is 23.8 Å². The van der Waals surface area contributed by atoms with Gasteiger partial charge in [-0.1, -0.05) is 17.7 Å². The van der Waals surface area contributed by atoms with Crippen LogP contribution in [0.2, 0.25) is 0 Å². The van der Waals surface area contributed by atoms with Crippen LogP contribution in [0.4, 0.5) is 0 Å². The molecule has 0 aliphatic heterocycles. The summed E-state index contributed by atoms with van der Waals surface area (Å²) in [6.45, 7) is 7.30. The van der Waals surface area contributed by atoms with Crippen molar-refractivity contribution < 1.29 is 22.1 Å². The predicted octanol–water partition coefficient (Wildman–Crippen LogP) is 2.89. The van der Waals surface area contributed by atoms with Crippen molar-refractivity contribution in [2.75, 3.05) is 0 Å². The van der Waals surface area contributed by atoms with Crippen LogP contribution < -0.4 is 5.73 Å². The zero-order valence-corrected chi connectivity index (χ0v) is 15.6. The number of rotatable bonds is 8. The molecule has 136 valence electrons. The molecule has 0 fully saturated rings. The number of hydrogen-bond donors (Lipinski definition) is 1. The van der Waals surface area contributed by atoms with Crippen molar-refractivity contribution in [2.24, 2.45) is 5.73 Å². The molecule has 2 N–H and O–H groups in total. The third-order valence-electron chi connectivity index (χ3n) is 3.10. The number of nitrogens with two attached hydrogens (primary N) is 1. The summed E-state index contributed by atoms with van der Waals surface area (Å²) in [5, 5.41) is 0. The monoisotopic (exact) mass is 357 g/mol. The van der Waals surface area contributed by atoms with Gasteiger partial charge in [-0.3, -0.25) is 4.79 Å². The Morgan fingerprint density at radius 3 is 2.29 bits per heavy atom. The molecule has 1 atom stereocenters. The lowest BCUT2D eigenvalue weighted by Gasteiger charge is -2.19. The minimum absolute atomic E-state index is 0.0808. The summed E-state index contributed by atoms with van der Waals surface area (Å²) in [6, 6.07) is 6.37. The van der Waals surface area contributed by atoms with Crippen LogP contribution in [-0.4, -0.2) is 26.2 Å². The predicted molar refractivity (Wildman–Crippen MR) is 91.7 cm³/mol. The molecule has 0 spiro atoms. The lowest BCUT2D eigenvalue weighted by molar-refractivity contribution is -0.154. The second-order valence-corrected chi connectivity index (χ2v) is 8.31. The Morgan fingerprint density at radius 2 is 1.75 bits per heavy atom. The summed E-state index contributed by atoms with van der Waals surface area (Å²) in [5.41, 5.74) is 6.19. The molecule has 6 nitrogen and oxygen atoms in total. The van der Waals surface area contributed by atoms with E-state index >= 15 is 0 Å². The molecule has 0 aromatic heterocycles. The first kappa shape index (κ1) is 20.6. The number of carbonyl (C=O) groups excluding carboxylic acids is 1. The molecule has 7 heteroatoms. The zero-order chi connectivity index (χ0) is 18.4. The molecular weight excluding hydrogens is 330 g/mol. The second kappa shape index (κ2) is 8.60. The number of unbranched alkanes of at least 4 members (excludes halogenated alkanes) is 1. The molecule has 0 aliphatic carbocycles. The van der Waals surface area contributed by atoms with Crippen molar-refractivity contribution in [3.8, 4) is 0 Å². The summed E-state index contributed by atoms with van der Waals surface area (Å²) in [5.74, 6) is -0.274. The maximum atomic E-state index is 12.1. The molecule has 0 bridgehead atoms. The number of carbonyl (C=O) groups is 1. The normalized spacial score (nSPS) is 13.5. The van der Waals surface area contributed by atoms with Gasteiger partial charge in [-0.05, 0) is 59.1 Å². The van der Waals surface area contributed by atoms with E-state index in [2.05, 4.69) is 0 Å². The molecule has 0 radical (unpaired) electrons. The van der Waals surface area contributed by atoms with Crippen molar-refractivity contribution in [3.63, 3.8) is 0 Å². The van der Waals surface area contributed by atoms with Gasteiger partial charge in [0.1, 0.15) is 11.8 Å². The maximum absolute atomic E-state index is 12.1. The van der Waals surface area contributed by atoms with Crippen LogP contribution in [0.1, 0.15) is 52.0 Å². The summed E-state index contributed by atoms with van der Waals surface area (Å²) in [4.78, 5) is 11.6. The van der Waals surface area contributed by atoms with Crippen molar-refractivity contribution in [1.82, 2.24) is 0 Å². The fourth-order valence-corrected chi connectivity index (χ4v) is 2.98. The SMILES string of the molecule is Cc1ccc(S(=O)(=O)OC(N)CCCCC(=O)OC(C)(C)C)cc1. The number of hydrogen-bond acceptors (Lipinski definition) is 6. The van der Waals surface area contributed by atoms with E-state index in [4.69, 9.17) is 14.7 Å². The largest absolute Gasteiger partial charge is 0.460 e. The highest BCUT2D eigenvalue weighted by Gasteiger charge is 2.19. The van der Waals surface area contributed by atoms with Gasteiger partial charge in [-0.15, -0.1) is 0 Å². The highest BCUT2D eigenvalue weighted by Crippen LogP contribution is 2.16. The highest BCUT2D eigenvalue weighted by atomic mass is 32.2. The fourth-order valence-electron chi connectivity index (χ4n) is 1.98. The maximum Gasteiger partial charge on any atom is 0.306 e. The van der Waals surface area contributed by atoms with Crippen molar-refractivity contribution in [1.29, 1.82) is 0 Å². The summed E-state index contributed by atoms with van der Waals surface area (Å²) < 4.78 is 34.3. The van der Waals surface area contributed by atoms with Crippen LogP contribution >= 0.6 is 0 Å². The quantitative estimate of drug-likeness (QED) is 0.333. The standard InChI is InChI=1S/C17H27NO5S/c1-13-9-11-14(12-10-13)24(20,21)23-15(18)7-5-6-8-16(19)22-17(2,3)4/h9-12,15H,5-8,18H2,1-4H3. The van der Waals surface area contributed by atoms with E-state index in [9.17, 15) is 13.2 Å². The zero-order valence-electron chi connectivity index (χ0n) is 14.7. The van der Waals surface area contributed by atoms with Gasteiger partial charge in [-0.2, -0.15) is 8.42 Å². The minimum Gasteiger partial charge on any atom is -0.460 e. The summed E-state index contributed by atoms with van der Waals surface area (Å²) in [7, 11) is -3.87.